The predicted molar refractivity (Wildman–Crippen MR) is 78.9 cm³/mol. The molecule has 1 aromatic carbocycles. The summed E-state index contributed by atoms with van der Waals surface area (Å²) in [4.78, 5) is 2.42. The van der Waals surface area contributed by atoms with Crippen LogP contribution in [-0.4, -0.2) is 31.1 Å². The maximum Gasteiger partial charge on any atom is 0.101 e. The minimum atomic E-state index is 0.614. The van der Waals surface area contributed by atoms with Crippen LogP contribution in [0.3, 0.4) is 0 Å². The van der Waals surface area contributed by atoms with Gasteiger partial charge in [0.25, 0.3) is 0 Å². The molecule has 1 aliphatic carbocycles. The number of benzene rings is 1. The first-order valence-corrected chi connectivity index (χ1v) is 6.94. The number of nitrogens with zero attached hydrogens (tertiary/aromatic N) is 2. The molecular formula is C15H22N4. The summed E-state index contributed by atoms with van der Waals surface area (Å²) in [5.74, 6) is 0. The molecule has 0 heterocycles. The number of nitrogens with one attached hydrogen (secondary N) is 1. The summed E-state index contributed by atoms with van der Waals surface area (Å²) in [6.45, 7) is 1.85. The lowest BCUT2D eigenvalue weighted by Crippen LogP contribution is -2.33. The summed E-state index contributed by atoms with van der Waals surface area (Å²) in [5.41, 5.74) is 7.79. The average molecular weight is 258 g/mol. The molecule has 0 spiro atoms. The summed E-state index contributed by atoms with van der Waals surface area (Å²) in [7, 11) is 2.19. The molecule has 1 fully saturated rings. The molecule has 0 bridgehead atoms. The Kier molecular flexibility index (Phi) is 4.64. The van der Waals surface area contributed by atoms with Gasteiger partial charge in [-0.3, -0.25) is 0 Å². The Morgan fingerprint density at radius 2 is 2.16 bits per heavy atom. The molecule has 0 atom stereocenters. The van der Waals surface area contributed by atoms with Gasteiger partial charge in [0.15, 0.2) is 0 Å². The van der Waals surface area contributed by atoms with E-state index >= 15 is 0 Å². The van der Waals surface area contributed by atoms with Crippen molar-refractivity contribution in [2.45, 2.75) is 31.7 Å². The third-order valence-corrected chi connectivity index (χ3v) is 3.89. The van der Waals surface area contributed by atoms with Crippen LogP contribution in [0.25, 0.3) is 0 Å². The molecule has 0 aliphatic heterocycles. The molecule has 3 N–H and O–H groups in total. The molecule has 1 aromatic rings. The van der Waals surface area contributed by atoms with E-state index in [1.807, 2.05) is 12.1 Å². The van der Waals surface area contributed by atoms with Crippen LogP contribution in [0.5, 0.6) is 0 Å². The van der Waals surface area contributed by atoms with Gasteiger partial charge in [-0.05, 0) is 38.1 Å². The number of nitrogens with two attached hydrogens (primary N) is 1. The summed E-state index contributed by atoms with van der Waals surface area (Å²) < 4.78 is 0. The van der Waals surface area contributed by atoms with E-state index in [0.29, 0.717) is 11.3 Å². The van der Waals surface area contributed by atoms with Crippen molar-refractivity contribution in [3.63, 3.8) is 0 Å². The van der Waals surface area contributed by atoms with Gasteiger partial charge >= 0.3 is 0 Å². The van der Waals surface area contributed by atoms with E-state index in [1.54, 1.807) is 6.07 Å². The van der Waals surface area contributed by atoms with Crippen molar-refractivity contribution in [3.8, 4) is 6.07 Å². The van der Waals surface area contributed by atoms with Gasteiger partial charge in [-0.1, -0.05) is 12.8 Å². The Hall–Kier alpha value is -1.73. The lowest BCUT2D eigenvalue weighted by Gasteiger charge is -2.24. The first-order valence-electron chi connectivity index (χ1n) is 6.94. The quantitative estimate of drug-likeness (QED) is 0.796. The van der Waals surface area contributed by atoms with Crippen LogP contribution in [0.1, 0.15) is 31.2 Å². The fourth-order valence-electron chi connectivity index (χ4n) is 2.70. The van der Waals surface area contributed by atoms with E-state index in [-0.39, 0.29) is 0 Å². The van der Waals surface area contributed by atoms with Gasteiger partial charge in [0.05, 0.1) is 11.3 Å². The van der Waals surface area contributed by atoms with Crippen molar-refractivity contribution >= 4 is 11.4 Å². The van der Waals surface area contributed by atoms with E-state index in [0.717, 1.165) is 24.8 Å². The highest BCUT2D eigenvalue weighted by molar-refractivity contribution is 5.62. The SMILES string of the molecule is CN(CCNc1ccc(N)cc1C#N)C1CCCC1. The van der Waals surface area contributed by atoms with Gasteiger partial charge < -0.3 is 16.0 Å². The van der Waals surface area contributed by atoms with Gasteiger partial charge in [-0.2, -0.15) is 5.26 Å². The second kappa shape index (κ2) is 6.44. The van der Waals surface area contributed by atoms with Crippen molar-refractivity contribution in [1.29, 1.82) is 5.26 Å². The van der Waals surface area contributed by atoms with E-state index in [4.69, 9.17) is 11.0 Å². The van der Waals surface area contributed by atoms with Crippen molar-refractivity contribution in [1.82, 2.24) is 4.90 Å². The van der Waals surface area contributed by atoms with E-state index < -0.39 is 0 Å². The van der Waals surface area contributed by atoms with Crippen LogP contribution in [0.4, 0.5) is 11.4 Å². The smallest absolute Gasteiger partial charge is 0.101 e. The molecule has 0 radical (unpaired) electrons. The predicted octanol–water partition coefficient (Wildman–Crippen LogP) is 2.43. The average Bonchev–Trinajstić information content (AvgIpc) is 2.94. The van der Waals surface area contributed by atoms with Gasteiger partial charge in [-0.15, -0.1) is 0 Å². The number of rotatable bonds is 5. The van der Waals surface area contributed by atoms with Crippen molar-refractivity contribution < 1.29 is 0 Å². The maximum atomic E-state index is 9.07. The lowest BCUT2D eigenvalue weighted by atomic mass is 10.1. The summed E-state index contributed by atoms with van der Waals surface area (Å²) in [6.07, 6.45) is 5.36. The lowest BCUT2D eigenvalue weighted by molar-refractivity contribution is 0.254. The molecule has 19 heavy (non-hydrogen) atoms. The van der Waals surface area contributed by atoms with E-state index in [2.05, 4.69) is 23.3 Å². The number of nitrogen functional groups attached to an aromatic ring is 1. The van der Waals surface area contributed by atoms with Gasteiger partial charge in [0.2, 0.25) is 0 Å². The largest absolute Gasteiger partial charge is 0.399 e. The Bertz CT molecular complexity index is 458. The molecule has 0 unspecified atom stereocenters. The molecule has 0 amide bonds. The third kappa shape index (κ3) is 3.62. The standard InChI is InChI=1S/C15H22N4/c1-19(14-4-2-3-5-14)9-8-18-15-7-6-13(17)10-12(15)11-16/h6-7,10,14,18H,2-5,8-9,17H2,1H3. The van der Waals surface area contributed by atoms with Crippen molar-refractivity contribution in [2.75, 3.05) is 31.2 Å². The Labute approximate surface area is 115 Å². The van der Waals surface area contributed by atoms with E-state index in [1.165, 1.54) is 25.7 Å². The highest BCUT2D eigenvalue weighted by Gasteiger charge is 2.18. The first kappa shape index (κ1) is 13.7. The molecule has 1 aliphatic rings. The highest BCUT2D eigenvalue weighted by atomic mass is 15.1. The van der Waals surface area contributed by atoms with Crippen LogP contribution in [0.2, 0.25) is 0 Å². The molecular weight excluding hydrogens is 236 g/mol. The molecule has 4 nitrogen and oxygen atoms in total. The zero-order valence-electron chi connectivity index (χ0n) is 11.5. The first-order chi connectivity index (χ1) is 9.20. The number of hydrogen-bond donors (Lipinski definition) is 2. The van der Waals surface area contributed by atoms with Crippen LogP contribution < -0.4 is 11.1 Å². The normalized spacial score (nSPS) is 15.6. The minimum absolute atomic E-state index is 0.614. The van der Waals surface area contributed by atoms with Crippen LogP contribution in [-0.2, 0) is 0 Å². The monoisotopic (exact) mass is 258 g/mol. The number of hydrogen-bond acceptors (Lipinski definition) is 4. The molecule has 4 heteroatoms. The van der Waals surface area contributed by atoms with Crippen molar-refractivity contribution in [2.24, 2.45) is 0 Å². The number of nitriles is 1. The molecule has 102 valence electrons. The van der Waals surface area contributed by atoms with Crippen LogP contribution in [0, 0.1) is 11.3 Å². The van der Waals surface area contributed by atoms with Gasteiger partial charge in [-0.25, -0.2) is 0 Å². The maximum absolute atomic E-state index is 9.07. The number of likely N-dealkylation sites (N-methyl/N-ethyl adjacent to an activating group) is 1. The fraction of sp³-hybridized carbons (Fsp3) is 0.533. The zero-order chi connectivity index (χ0) is 13.7. The summed E-state index contributed by atoms with van der Waals surface area (Å²) >= 11 is 0. The van der Waals surface area contributed by atoms with E-state index in [9.17, 15) is 0 Å². The minimum Gasteiger partial charge on any atom is -0.399 e. The van der Waals surface area contributed by atoms with Crippen molar-refractivity contribution in [3.05, 3.63) is 23.8 Å². The Morgan fingerprint density at radius 1 is 1.42 bits per heavy atom. The van der Waals surface area contributed by atoms with Crippen LogP contribution in [0.15, 0.2) is 18.2 Å². The van der Waals surface area contributed by atoms with Gasteiger partial charge in [0, 0.05) is 24.8 Å². The summed E-state index contributed by atoms with van der Waals surface area (Å²) in [6, 6.07) is 8.33. The Morgan fingerprint density at radius 3 is 2.84 bits per heavy atom. The zero-order valence-corrected chi connectivity index (χ0v) is 11.5. The highest BCUT2D eigenvalue weighted by Crippen LogP contribution is 2.22. The third-order valence-electron chi connectivity index (χ3n) is 3.89. The van der Waals surface area contributed by atoms with Crippen LogP contribution >= 0.6 is 0 Å². The Balaban J connectivity index is 1.84. The second-order valence-corrected chi connectivity index (χ2v) is 5.26. The molecule has 0 aromatic heterocycles. The fourth-order valence-corrected chi connectivity index (χ4v) is 2.70. The second-order valence-electron chi connectivity index (χ2n) is 5.26. The molecule has 2 rings (SSSR count). The summed E-state index contributed by atoms with van der Waals surface area (Å²) in [5, 5.41) is 12.4. The van der Waals surface area contributed by atoms with Gasteiger partial charge in [0.1, 0.15) is 6.07 Å². The molecule has 1 saturated carbocycles. The molecule has 0 saturated heterocycles. The topological polar surface area (TPSA) is 65.1 Å². The number of anilines is 2.